The van der Waals surface area contributed by atoms with Crippen LogP contribution in [0.15, 0.2) is 36.4 Å². The maximum absolute atomic E-state index is 14.8. The van der Waals surface area contributed by atoms with Crippen molar-refractivity contribution >= 4 is 17.6 Å². The van der Waals surface area contributed by atoms with E-state index in [0.29, 0.717) is 17.7 Å². The van der Waals surface area contributed by atoms with Crippen LogP contribution in [0.25, 0.3) is 0 Å². The molecule has 0 spiro atoms. The number of benzene rings is 2. The number of nitrogens with one attached hydrogen (secondary N) is 3. The Hall–Kier alpha value is -3.33. The molecule has 0 aliphatic rings. The van der Waals surface area contributed by atoms with Crippen LogP contribution in [0.3, 0.4) is 0 Å². The van der Waals surface area contributed by atoms with Gasteiger partial charge in [0, 0.05) is 30.8 Å². The van der Waals surface area contributed by atoms with Crippen molar-refractivity contribution in [3.05, 3.63) is 70.3 Å². The lowest BCUT2D eigenvalue weighted by molar-refractivity contribution is -0.133. The monoisotopic (exact) mass is 446 g/mol. The third-order valence-corrected chi connectivity index (χ3v) is 4.58. The minimum Gasteiger partial charge on any atom is -0.384 e. The second-order valence-corrected chi connectivity index (χ2v) is 7.62. The number of nitrogens with two attached hydrogens (primary N) is 1. The first-order valence-electron chi connectivity index (χ1n) is 10.2. The molecule has 0 saturated carbocycles. The highest BCUT2D eigenvalue weighted by Crippen LogP contribution is 2.26. The first-order chi connectivity index (χ1) is 15.1. The van der Waals surface area contributed by atoms with Gasteiger partial charge in [-0.3, -0.25) is 15.0 Å². The van der Waals surface area contributed by atoms with Gasteiger partial charge in [-0.05, 0) is 30.5 Å². The van der Waals surface area contributed by atoms with E-state index in [0.717, 1.165) is 12.1 Å². The molecule has 0 saturated heterocycles. The van der Waals surface area contributed by atoms with Crippen LogP contribution < -0.4 is 16.4 Å². The molecule has 2 amide bonds. The van der Waals surface area contributed by atoms with Gasteiger partial charge < -0.3 is 21.1 Å². The van der Waals surface area contributed by atoms with Crippen LogP contribution in [0, 0.1) is 23.0 Å². The highest BCUT2D eigenvalue weighted by atomic mass is 19.1. The van der Waals surface area contributed by atoms with Crippen LogP contribution in [0.2, 0.25) is 0 Å². The standard InChI is InChI=1S/C23H28F2N4O3/c1-4-32-20(23(31)29-12-14-5-7-15(8-6-14)21(26)27)19-17(24)9-16(10-18(19)25)22(30)28-11-13(2)3/h5-10,13,20H,4,11-12H2,1-3H3,(H3,26,27)(H,28,30)(H,29,31). The molecule has 172 valence electrons. The summed E-state index contributed by atoms with van der Waals surface area (Å²) >= 11 is 0. The Morgan fingerprint density at radius 2 is 1.66 bits per heavy atom. The smallest absolute Gasteiger partial charge is 0.254 e. The maximum Gasteiger partial charge on any atom is 0.254 e. The number of hydrogen-bond donors (Lipinski definition) is 4. The van der Waals surface area contributed by atoms with E-state index in [1.165, 1.54) is 0 Å². The number of rotatable bonds is 10. The Morgan fingerprint density at radius 1 is 1.06 bits per heavy atom. The largest absolute Gasteiger partial charge is 0.384 e. The summed E-state index contributed by atoms with van der Waals surface area (Å²) in [5.74, 6) is -3.31. The lowest BCUT2D eigenvalue weighted by Crippen LogP contribution is -2.32. The summed E-state index contributed by atoms with van der Waals surface area (Å²) in [5, 5.41) is 12.6. The van der Waals surface area contributed by atoms with E-state index in [1.54, 1.807) is 31.2 Å². The molecule has 0 fully saturated rings. The van der Waals surface area contributed by atoms with Gasteiger partial charge in [0.15, 0.2) is 6.10 Å². The molecule has 5 N–H and O–H groups in total. The quantitative estimate of drug-likeness (QED) is 0.331. The van der Waals surface area contributed by atoms with Gasteiger partial charge in [-0.1, -0.05) is 38.1 Å². The number of ether oxygens (including phenoxy) is 1. The van der Waals surface area contributed by atoms with E-state index in [4.69, 9.17) is 15.9 Å². The Labute approximate surface area is 185 Å². The van der Waals surface area contributed by atoms with E-state index in [-0.39, 0.29) is 30.5 Å². The minimum absolute atomic E-state index is 0.0426. The Balaban J connectivity index is 2.18. The van der Waals surface area contributed by atoms with Crippen molar-refractivity contribution in [2.45, 2.75) is 33.4 Å². The van der Waals surface area contributed by atoms with E-state index < -0.39 is 35.1 Å². The van der Waals surface area contributed by atoms with Gasteiger partial charge in [-0.15, -0.1) is 0 Å². The molecular formula is C23H28F2N4O3. The van der Waals surface area contributed by atoms with Crippen LogP contribution >= 0.6 is 0 Å². The molecule has 0 aliphatic heterocycles. The molecule has 7 nitrogen and oxygen atoms in total. The highest BCUT2D eigenvalue weighted by Gasteiger charge is 2.29. The van der Waals surface area contributed by atoms with Gasteiger partial charge in [-0.2, -0.15) is 0 Å². The zero-order chi connectivity index (χ0) is 23.8. The van der Waals surface area contributed by atoms with Crippen LogP contribution in [0.4, 0.5) is 8.78 Å². The molecule has 0 radical (unpaired) electrons. The lowest BCUT2D eigenvalue weighted by atomic mass is 10.0. The van der Waals surface area contributed by atoms with E-state index in [9.17, 15) is 18.4 Å². The van der Waals surface area contributed by atoms with Gasteiger partial charge in [-0.25, -0.2) is 8.78 Å². The number of hydrogen-bond acceptors (Lipinski definition) is 4. The second-order valence-electron chi connectivity index (χ2n) is 7.62. The molecule has 0 bridgehead atoms. The predicted molar refractivity (Wildman–Crippen MR) is 117 cm³/mol. The summed E-state index contributed by atoms with van der Waals surface area (Å²) in [6, 6.07) is 8.41. The topological polar surface area (TPSA) is 117 Å². The summed E-state index contributed by atoms with van der Waals surface area (Å²) < 4.78 is 34.9. The molecule has 32 heavy (non-hydrogen) atoms. The Kier molecular flexibility index (Phi) is 8.83. The number of carbonyl (C=O) groups is 2. The van der Waals surface area contributed by atoms with Gasteiger partial charge in [0.05, 0.1) is 5.56 Å². The van der Waals surface area contributed by atoms with E-state index in [2.05, 4.69) is 10.6 Å². The van der Waals surface area contributed by atoms with Crippen molar-refractivity contribution in [2.24, 2.45) is 11.7 Å². The highest BCUT2D eigenvalue weighted by molar-refractivity contribution is 5.95. The minimum atomic E-state index is -1.52. The fourth-order valence-electron chi connectivity index (χ4n) is 2.91. The van der Waals surface area contributed by atoms with Gasteiger partial charge in [0.1, 0.15) is 17.5 Å². The number of nitrogen functional groups attached to an aromatic ring is 1. The third-order valence-electron chi connectivity index (χ3n) is 4.58. The Morgan fingerprint density at radius 3 is 2.16 bits per heavy atom. The van der Waals surface area contributed by atoms with Crippen LogP contribution in [-0.4, -0.2) is 30.8 Å². The van der Waals surface area contributed by atoms with Crippen LogP contribution in [0.5, 0.6) is 0 Å². The molecule has 1 unspecified atom stereocenters. The van der Waals surface area contributed by atoms with Crippen molar-refractivity contribution in [1.82, 2.24) is 10.6 Å². The zero-order valence-corrected chi connectivity index (χ0v) is 18.3. The van der Waals surface area contributed by atoms with E-state index in [1.807, 2.05) is 13.8 Å². The first kappa shape index (κ1) is 24.9. The summed E-state index contributed by atoms with van der Waals surface area (Å²) in [6.45, 7) is 5.88. The predicted octanol–water partition coefficient (Wildman–Crippen LogP) is 3.03. The first-order valence-corrected chi connectivity index (χ1v) is 10.2. The number of carbonyl (C=O) groups excluding carboxylic acids is 2. The maximum atomic E-state index is 14.8. The third kappa shape index (κ3) is 6.58. The number of amides is 2. The molecule has 9 heteroatoms. The molecule has 1 atom stereocenters. The van der Waals surface area contributed by atoms with Crippen molar-refractivity contribution < 1.29 is 23.1 Å². The molecule has 0 heterocycles. The average Bonchev–Trinajstić information content (AvgIpc) is 2.74. The summed E-state index contributed by atoms with van der Waals surface area (Å²) in [7, 11) is 0. The van der Waals surface area contributed by atoms with Crippen molar-refractivity contribution in [1.29, 1.82) is 5.41 Å². The molecule has 2 aromatic carbocycles. The second kappa shape index (κ2) is 11.3. The van der Waals surface area contributed by atoms with Gasteiger partial charge in [0.25, 0.3) is 11.8 Å². The summed E-state index contributed by atoms with van der Waals surface area (Å²) in [4.78, 5) is 24.8. The van der Waals surface area contributed by atoms with Crippen molar-refractivity contribution in [2.75, 3.05) is 13.2 Å². The Bertz CT molecular complexity index is 955. The molecule has 2 aromatic rings. The number of amidine groups is 1. The van der Waals surface area contributed by atoms with E-state index >= 15 is 0 Å². The fourth-order valence-corrected chi connectivity index (χ4v) is 2.91. The van der Waals surface area contributed by atoms with Gasteiger partial charge in [0.2, 0.25) is 0 Å². The zero-order valence-electron chi connectivity index (χ0n) is 18.3. The van der Waals surface area contributed by atoms with Gasteiger partial charge >= 0.3 is 0 Å². The molecule has 0 aliphatic carbocycles. The van der Waals surface area contributed by atoms with Crippen molar-refractivity contribution in [3.63, 3.8) is 0 Å². The average molecular weight is 446 g/mol. The van der Waals surface area contributed by atoms with Crippen molar-refractivity contribution in [3.8, 4) is 0 Å². The lowest BCUT2D eigenvalue weighted by Gasteiger charge is -2.19. The molecule has 0 aromatic heterocycles. The molecule has 2 rings (SSSR count). The fraction of sp³-hybridized carbons (Fsp3) is 0.348. The number of halogens is 2. The summed E-state index contributed by atoms with van der Waals surface area (Å²) in [5.41, 5.74) is 5.92. The SMILES string of the molecule is CCOC(C(=O)NCc1ccc(C(=N)N)cc1)c1c(F)cc(C(=O)NCC(C)C)cc1F. The van der Waals surface area contributed by atoms with Crippen LogP contribution in [0.1, 0.15) is 53.9 Å². The normalized spacial score (nSPS) is 11.8. The summed E-state index contributed by atoms with van der Waals surface area (Å²) in [6.07, 6.45) is -1.52. The molecular weight excluding hydrogens is 418 g/mol. The van der Waals surface area contributed by atoms with Crippen LogP contribution in [-0.2, 0) is 16.1 Å².